The van der Waals surface area contributed by atoms with Crippen LogP contribution in [0.15, 0.2) is 60.7 Å². The summed E-state index contributed by atoms with van der Waals surface area (Å²) in [6.07, 6.45) is 0. The van der Waals surface area contributed by atoms with Crippen LogP contribution >= 0.6 is 0 Å². The fraction of sp³-hybridized carbons (Fsp3) is 0.400. The van der Waals surface area contributed by atoms with E-state index < -0.39 is 24.0 Å². The van der Waals surface area contributed by atoms with Gasteiger partial charge >= 0.3 is 18.9 Å². The Kier molecular flexibility index (Phi) is 9.17. The zero-order chi connectivity index (χ0) is 22.0. The molecule has 0 aromatic heterocycles. The molecule has 0 heterocycles. The molecule has 0 aliphatic rings. The number of benzene rings is 2. The molecular weight excluding hydrogens is 407 g/mol. The zero-order valence-corrected chi connectivity index (χ0v) is 23.7. The molecule has 0 unspecified atom stereocenters. The second kappa shape index (κ2) is 10.1. The van der Waals surface area contributed by atoms with Gasteiger partial charge in [-0.1, -0.05) is 139 Å². The predicted molar refractivity (Wildman–Crippen MR) is 137 cm³/mol. The van der Waals surface area contributed by atoms with E-state index in [1.807, 2.05) is 0 Å². The minimum absolute atomic E-state index is 0. The van der Waals surface area contributed by atoms with Crippen LogP contribution in [0.3, 0.4) is 0 Å². The molecule has 0 saturated carbocycles. The number of rotatable bonds is 6. The van der Waals surface area contributed by atoms with Gasteiger partial charge in [0.1, 0.15) is 0 Å². The van der Waals surface area contributed by atoms with E-state index in [0.717, 1.165) is 0 Å². The molecule has 1 nitrogen and oxygen atoms in total. The number of carbonyl (C=O) groups is 1. The van der Waals surface area contributed by atoms with E-state index in [4.69, 9.17) is 0 Å². The molecule has 0 atom stereocenters. The van der Waals surface area contributed by atoms with Crippen molar-refractivity contribution in [1.82, 2.24) is 0 Å². The van der Waals surface area contributed by atoms with Crippen molar-refractivity contribution >= 4 is 39.8 Å². The van der Waals surface area contributed by atoms with Crippen LogP contribution < -0.4 is 18.9 Å². The van der Waals surface area contributed by atoms with E-state index in [1.54, 1.807) is 0 Å². The summed E-state index contributed by atoms with van der Waals surface area (Å²) in [5.41, 5.74) is 2.23. The number of hydrogen-bond donors (Lipinski definition) is 0. The van der Waals surface area contributed by atoms with Gasteiger partial charge in [0.25, 0.3) is 0 Å². The van der Waals surface area contributed by atoms with E-state index in [1.165, 1.54) is 21.5 Å². The first kappa shape index (κ1) is 27.1. The third-order valence-corrected chi connectivity index (χ3v) is 17.0. The Morgan fingerprint density at radius 2 is 1.13 bits per heavy atom. The predicted octanol–water partition coefficient (Wildman–Crippen LogP) is 4.08. The van der Waals surface area contributed by atoms with Crippen molar-refractivity contribution in [3.63, 3.8) is 0 Å². The van der Waals surface area contributed by atoms with Crippen LogP contribution in [0.25, 0.3) is 10.4 Å². The summed E-state index contributed by atoms with van der Waals surface area (Å²) in [4.78, 5) is 14.0. The van der Waals surface area contributed by atoms with Crippen molar-refractivity contribution in [3.8, 4) is 0 Å². The van der Waals surface area contributed by atoms with Gasteiger partial charge < -0.3 is 4.79 Å². The van der Waals surface area contributed by atoms with Crippen LogP contribution in [0, 0.1) is 5.41 Å². The van der Waals surface area contributed by atoms with Crippen LogP contribution in [0.2, 0.25) is 39.3 Å². The van der Waals surface area contributed by atoms with Gasteiger partial charge in [-0.25, -0.2) is 8.31 Å². The van der Waals surface area contributed by atoms with Gasteiger partial charge in [-0.3, -0.25) is 0 Å². The molecule has 0 amide bonds. The van der Waals surface area contributed by atoms with Crippen molar-refractivity contribution in [2.45, 2.75) is 60.1 Å². The van der Waals surface area contributed by atoms with Crippen LogP contribution in [-0.4, -0.2) is 29.4 Å². The smallest absolute Gasteiger partial charge is 0.340 e. The average Bonchev–Trinajstić information content (AvgIpc) is 2.59. The molecule has 0 fully saturated rings. The molecular formula is C25H37LiOSi3. The summed E-state index contributed by atoms with van der Waals surface area (Å²) >= 11 is 0. The molecule has 0 N–H and O–H groups in total. The van der Waals surface area contributed by atoms with E-state index in [2.05, 4.69) is 121 Å². The maximum Gasteiger partial charge on any atom is 1.00 e. The van der Waals surface area contributed by atoms with Crippen LogP contribution in [0.4, 0.5) is 0 Å². The maximum atomic E-state index is 14.0. The Balaban J connectivity index is 0.00000450. The van der Waals surface area contributed by atoms with E-state index >= 15 is 0 Å². The minimum atomic E-state index is -1.76. The third kappa shape index (κ3) is 6.55. The molecule has 30 heavy (non-hydrogen) atoms. The first-order chi connectivity index (χ1) is 13.2. The van der Waals surface area contributed by atoms with Crippen molar-refractivity contribution < 1.29 is 23.7 Å². The molecule has 0 aliphatic heterocycles. The second-order valence-electron chi connectivity index (χ2n) is 10.9. The number of carbonyl (C=O) groups excluding carboxylic acids is 1. The van der Waals surface area contributed by atoms with Gasteiger partial charge in [0.2, 0.25) is 0 Å². The minimum Gasteiger partial charge on any atom is -0.340 e. The van der Waals surface area contributed by atoms with Crippen LogP contribution in [0.1, 0.15) is 31.9 Å². The summed E-state index contributed by atoms with van der Waals surface area (Å²) in [6.45, 7) is 20.7. The molecule has 2 rings (SSSR count). The first-order valence-corrected chi connectivity index (χ1v) is 20.0. The molecule has 0 radical (unpaired) electrons. The average molecular weight is 445 g/mol. The first-order valence-electron chi connectivity index (χ1n) is 10.5. The van der Waals surface area contributed by atoms with E-state index in [0.29, 0.717) is 5.41 Å². The molecule has 0 saturated heterocycles. The van der Waals surface area contributed by atoms with Gasteiger partial charge in [0.15, 0.2) is 0 Å². The van der Waals surface area contributed by atoms with Crippen molar-refractivity contribution in [2.75, 3.05) is 0 Å². The number of hydrogen-bond acceptors (Lipinski definition) is 1. The fourth-order valence-corrected chi connectivity index (χ4v) is 17.1. The monoisotopic (exact) mass is 444 g/mol. The summed E-state index contributed by atoms with van der Waals surface area (Å²) in [5, 5.41) is 3.34. The Bertz CT molecular complexity index is 871. The standard InChI is InChI=1S/C25H37OSi3.Li/c1-25(2,3)24(26)27(29(7,8)9)22(20-16-12-10-13-17-20)23(28(4,5)6)21-18-14-11-15-19-21;/h10-19H,1-9H3;/q-1;+1/b23-22+;. The Hall–Kier alpha value is -0.902. The summed E-state index contributed by atoms with van der Waals surface area (Å²) in [7, 11) is -4.91. The molecule has 0 bridgehead atoms. The molecule has 2 aromatic carbocycles. The van der Waals surface area contributed by atoms with Crippen LogP contribution in [-0.2, 0) is 4.79 Å². The topological polar surface area (TPSA) is 17.1 Å². The maximum absolute atomic E-state index is 14.0. The van der Waals surface area contributed by atoms with Gasteiger partial charge in [0.05, 0.1) is 8.07 Å². The summed E-state index contributed by atoms with van der Waals surface area (Å²) in [5.74, 6) is 0. The normalized spacial score (nSPS) is 13.2. The molecule has 0 aliphatic carbocycles. The fourth-order valence-electron chi connectivity index (χ4n) is 3.78. The van der Waals surface area contributed by atoms with Gasteiger partial charge in [-0.2, -0.15) is 5.20 Å². The Morgan fingerprint density at radius 1 is 0.733 bits per heavy atom. The molecule has 5 heteroatoms. The second-order valence-corrected chi connectivity index (χ2v) is 28.1. The molecule has 0 spiro atoms. The van der Waals surface area contributed by atoms with Gasteiger partial charge in [-0.05, 0) is 16.4 Å². The Morgan fingerprint density at radius 3 is 1.47 bits per heavy atom. The van der Waals surface area contributed by atoms with Crippen molar-refractivity contribution in [2.24, 2.45) is 5.41 Å². The van der Waals surface area contributed by atoms with Gasteiger partial charge in [0, 0.05) is 0 Å². The zero-order valence-electron chi connectivity index (χ0n) is 20.7. The van der Waals surface area contributed by atoms with Crippen molar-refractivity contribution in [1.29, 1.82) is 0 Å². The van der Waals surface area contributed by atoms with E-state index in [-0.39, 0.29) is 24.3 Å². The third-order valence-electron chi connectivity index (χ3n) is 5.03. The summed E-state index contributed by atoms with van der Waals surface area (Å²) < 4.78 is 0. The molecule has 2 aromatic rings. The summed E-state index contributed by atoms with van der Waals surface area (Å²) in [6, 6.07) is 21.6. The Labute approximate surface area is 200 Å². The molecule has 156 valence electrons. The van der Waals surface area contributed by atoms with E-state index in [9.17, 15) is 4.79 Å². The van der Waals surface area contributed by atoms with Gasteiger partial charge in [-0.15, -0.1) is 0 Å². The van der Waals surface area contributed by atoms with Crippen LogP contribution in [0.5, 0.6) is 0 Å². The quantitative estimate of drug-likeness (QED) is 0.485. The van der Waals surface area contributed by atoms with Crippen molar-refractivity contribution in [3.05, 3.63) is 71.8 Å². The SMILES string of the molecule is CC(C)(C)C(=O)[Si-](/C(=C(\c1ccccc1)[Si](C)(C)C)c1ccccc1)[Si](C)(C)C.[Li+]. The largest absolute Gasteiger partial charge is 1.00 e.